The molecule has 5 rings (SSSR count). The molecule has 0 fully saturated rings. The summed E-state index contributed by atoms with van der Waals surface area (Å²) in [6, 6.07) is 52.5. The molecule has 0 amide bonds. The molecule has 56 heavy (non-hydrogen) atoms. The molecule has 0 unspecified atom stereocenters. The minimum atomic E-state index is -0.241. The molecule has 296 valence electrons. The van der Waals surface area contributed by atoms with E-state index in [9.17, 15) is 4.79 Å². The van der Waals surface area contributed by atoms with E-state index < -0.39 is 0 Å². The largest absolute Gasteiger partial charge is 0.460 e. The number of hydrogen-bond acceptors (Lipinski definition) is 7. The Morgan fingerprint density at radius 3 is 0.964 bits per heavy atom. The summed E-state index contributed by atoms with van der Waals surface area (Å²) in [4.78, 5) is 20.1. The van der Waals surface area contributed by atoms with Crippen LogP contribution < -0.4 is 0 Å². The minimum Gasteiger partial charge on any atom is -0.460 e. The van der Waals surface area contributed by atoms with Gasteiger partial charge in [-0.25, -0.2) is 0 Å². The summed E-state index contributed by atoms with van der Waals surface area (Å²) in [5.74, 6) is -0.241. The van der Waals surface area contributed by atoms with Gasteiger partial charge in [-0.05, 0) is 53.5 Å². The Morgan fingerprint density at radius 2 is 0.643 bits per heavy atom. The van der Waals surface area contributed by atoms with Gasteiger partial charge in [-0.2, -0.15) is 0 Å². The van der Waals surface area contributed by atoms with Gasteiger partial charge < -0.3 is 24.0 Å². The molecule has 0 N–H and O–H groups in total. The SMILES string of the molecule is O=C(CN(CCOCCN(CCc1ccccc1)CCc1ccccc1)CCOCCN(CCc1ccccc1)CCc1ccccc1)OCc1ccccc1. The zero-order valence-electron chi connectivity index (χ0n) is 33.1. The fourth-order valence-corrected chi connectivity index (χ4v) is 6.61. The van der Waals surface area contributed by atoms with E-state index in [0.29, 0.717) is 39.5 Å². The second-order valence-corrected chi connectivity index (χ2v) is 14.3. The predicted molar refractivity (Wildman–Crippen MR) is 228 cm³/mol. The third-order valence-electron chi connectivity index (χ3n) is 10.0. The number of nitrogens with zero attached hydrogens (tertiary/aromatic N) is 3. The molecule has 0 aliphatic carbocycles. The van der Waals surface area contributed by atoms with Gasteiger partial charge in [-0.3, -0.25) is 9.69 Å². The number of benzene rings is 5. The molecule has 0 spiro atoms. The molecule has 0 aliphatic rings. The van der Waals surface area contributed by atoms with Crippen LogP contribution >= 0.6 is 0 Å². The molecular weight excluding hydrogens is 695 g/mol. The molecule has 5 aromatic rings. The van der Waals surface area contributed by atoms with Crippen molar-refractivity contribution < 1.29 is 19.0 Å². The van der Waals surface area contributed by atoms with Crippen molar-refractivity contribution in [3.63, 3.8) is 0 Å². The molecule has 0 saturated carbocycles. The van der Waals surface area contributed by atoms with Crippen molar-refractivity contribution in [2.45, 2.75) is 32.3 Å². The quantitative estimate of drug-likeness (QED) is 0.0385. The third kappa shape index (κ3) is 17.9. The summed E-state index contributed by atoms with van der Waals surface area (Å²) in [6.07, 6.45) is 4.03. The van der Waals surface area contributed by atoms with Crippen LogP contribution in [0.15, 0.2) is 152 Å². The van der Waals surface area contributed by atoms with Gasteiger partial charge in [0.1, 0.15) is 6.61 Å². The molecular formula is C49H61N3O4. The minimum absolute atomic E-state index is 0.195. The van der Waals surface area contributed by atoms with Crippen LogP contribution in [0.5, 0.6) is 0 Å². The maximum atomic E-state index is 13.0. The lowest BCUT2D eigenvalue weighted by atomic mass is 10.1. The van der Waals surface area contributed by atoms with Gasteiger partial charge in [0.05, 0.1) is 33.0 Å². The van der Waals surface area contributed by atoms with Crippen molar-refractivity contribution in [2.75, 3.05) is 85.3 Å². The normalized spacial score (nSPS) is 11.4. The first kappa shape index (κ1) is 42.5. The highest BCUT2D eigenvalue weighted by Gasteiger charge is 2.14. The number of rotatable bonds is 28. The average Bonchev–Trinajstić information content (AvgIpc) is 3.25. The van der Waals surface area contributed by atoms with Crippen molar-refractivity contribution in [3.8, 4) is 0 Å². The number of carbonyl (C=O) groups excluding carboxylic acids is 1. The average molecular weight is 756 g/mol. The van der Waals surface area contributed by atoms with Gasteiger partial charge in [0, 0.05) is 52.4 Å². The Hall–Kier alpha value is -4.63. The van der Waals surface area contributed by atoms with Crippen LogP contribution in [-0.4, -0.2) is 106 Å². The standard InChI is InChI=1S/C49H61N3O4/c53-49(56-43-48-24-14-5-15-25-48)42-52(36-40-54-38-34-50(30-26-44-16-6-1-7-17-44)31-27-45-18-8-2-9-19-45)37-41-55-39-35-51(32-28-46-20-10-3-11-21-46)33-29-47-22-12-4-13-23-47/h1-25H,26-43H2. The number of ether oxygens (including phenoxy) is 3. The van der Waals surface area contributed by atoms with Gasteiger partial charge in [-0.1, -0.05) is 152 Å². The van der Waals surface area contributed by atoms with Crippen molar-refractivity contribution >= 4 is 5.97 Å². The zero-order valence-corrected chi connectivity index (χ0v) is 33.1. The fourth-order valence-electron chi connectivity index (χ4n) is 6.61. The highest BCUT2D eigenvalue weighted by molar-refractivity contribution is 5.71. The van der Waals surface area contributed by atoms with E-state index >= 15 is 0 Å². The smallest absolute Gasteiger partial charge is 0.320 e. The molecule has 0 atom stereocenters. The summed E-state index contributed by atoms with van der Waals surface area (Å²) < 4.78 is 18.1. The van der Waals surface area contributed by atoms with Crippen LogP contribution in [0, 0.1) is 0 Å². The Balaban J connectivity index is 1.07. The molecule has 5 aromatic carbocycles. The van der Waals surface area contributed by atoms with E-state index in [4.69, 9.17) is 14.2 Å². The van der Waals surface area contributed by atoms with Crippen molar-refractivity contribution in [2.24, 2.45) is 0 Å². The highest BCUT2D eigenvalue weighted by Crippen LogP contribution is 2.08. The van der Waals surface area contributed by atoms with Crippen LogP contribution in [0.25, 0.3) is 0 Å². The molecule has 0 heterocycles. The van der Waals surface area contributed by atoms with Gasteiger partial charge in [0.25, 0.3) is 0 Å². The maximum absolute atomic E-state index is 13.0. The Kier molecular flexibility index (Phi) is 19.9. The maximum Gasteiger partial charge on any atom is 0.320 e. The van der Waals surface area contributed by atoms with Crippen molar-refractivity contribution in [3.05, 3.63) is 179 Å². The summed E-state index contributed by atoms with van der Waals surface area (Å²) in [5, 5.41) is 0. The summed E-state index contributed by atoms with van der Waals surface area (Å²) in [6.45, 7) is 9.66. The van der Waals surface area contributed by atoms with E-state index in [0.717, 1.165) is 70.5 Å². The molecule has 0 aliphatic heterocycles. The van der Waals surface area contributed by atoms with Gasteiger partial charge in [0.2, 0.25) is 0 Å². The molecule has 7 nitrogen and oxygen atoms in total. The van der Waals surface area contributed by atoms with Crippen LogP contribution in [0.4, 0.5) is 0 Å². The number of hydrogen-bond donors (Lipinski definition) is 0. The first-order chi connectivity index (χ1) is 27.7. The van der Waals surface area contributed by atoms with E-state index in [2.05, 4.69) is 136 Å². The van der Waals surface area contributed by atoms with Gasteiger partial charge in [-0.15, -0.1) is 0 Å². The van der Waals surface area contributed by atoms with Crippen LogP contribution in [0.2, 0.25) is 0 Å². The topological polar surface area (TPSA) is 54.5 Å². The van der Waals surface area contributed by atoms with Crippen LogP contribution in [0.3, 0.4) is 0 Å². The number of esters is 1. The Bertz CT molecular complexity index is 1520. The second-order valence-electron chi connectivity index (χ2n) is 14.3. The van der Waals surface area contributed by atoms with Crippen LogP contribution in [0.1, 0.15) is 27.8 Å². The summed E-state index contributed by atoms with van der Waals surface area (Å²) in [5.41, 5.74) is 6.38. The lowest BCUT2D eigenvalue weighted by Gasteiger charge is -2.24. The number of carbonyl (C=O) groups is 1. The molecule has 0 saturated heterocycles. The van der Waals surface area contributed by atoms with Crippen molar-refractivity contribution in [1.82, 2.24) is 14.7 Å². The molecule has 0 aromatic heterocycles. The molecule has 7 heteroatoms. The van der Waals surface area contributed by atoms with E-state index in [1.807, 2.05) is 30.3 Å². The lowest BCUT2D eigenvalue weighted by molar-refractivity contribution is -0.146. The Morgan fingerprint density at radius 1 is 0.357 bits per heavy atom. The zero-order chi connectivity index (χ0) is 38.7. The first-order valence-electron chi connectivity index (χ1n) is 20.4. The van der Waals surface area contributed by atoms with E-state index in [1.165, 1.54) is 22.3 Å². The molecule has 0 radical (unpaired) electrons. The summed E-state index contributed by atoms with van der Waals surface area (Å²) in [7, 11) is 0. The predicted octanol–water partition coefficient (Wildman–Crippen LogP) is 7.64. The monoisotopic (exact) mass is 755 g/mol. The second kappa shape index (κ2) is 26.3. The molecule has 0 bridgehead atoms. The lowest BCUT2D eigenvalue weighted by Crippen LogP contribution is -2.37. The fraction of sp³-hybridized carbons (Fsp3) is 0.367. The van der Waals surface area contributed by atoms with Gasteiger partial charge in [0.15, 0.2) is 0 Å². The van der Waals surface area contributed by atoms with E-state index in [-0.39, 0.29) is 19.1 Å². The third-order valence-corrected chi connectivity index (χ3v) is 10.0. The summed E-state index contributed by atoms with van der Waals surface area (Å²) >= 11 is 0. The Labute approximate surface area is 335 Å². The highest BCUT2D eigenvalue weighted by atomic mass is 16.5. The van der Waals surface area contributed by atoms with Crippen molar-refractivity contribution in [1.29, 1.82) is 0 Å². The van der Waals surface area contributed by atoms with E-state index in [1.54, 1.807) is 0 Å². The van der Waals surface area contributed by atoms with Gasteiger partial charge >= 0.3 is 5.97 Å². The first-order valence-corrected chi connectivity index (χ1v) is 20.4. The van der Waals surface area contributed by atoms with Crippen LogP contribution in [-0.2, 0) is 51.3 Å².